The minimum atomic E-state index is -0.773. The number of hydrogen-bond donors (Lipinski definition) is 2. The molecule has 2 heterocycles. The van der Waals surface area contributed by atoms with E-state index in [-0.39, 0.29) is 35.7 Å². The van der Waals surface area contributed by atoms with Crippen molar-refractivity contribution in [3.05, 3.63) is 23.7 Å². The van der Waals surface area contributed by atoms with E-state index in [4.69, 9.17) is 9.15 Å². The Morgan fingerprint density at radius 2 is 2.00 bits per heavy atom. The van der Waals surface area contributed by atoms with Gasteiger partial charge in [0.15, 0.2) is 5.78 Å². The van der Waals surface area contributed by atoms with Gasteiger partial charge in [-0.1, -0.05) is 27.7 Å². The summed E-state index contributed by atoms with van der Waals surface area (Å²) in [4.78, 5) is 37.5. The summed E-state index contributed by atoms with van der Waals surface area (Å²) in [6, 6.07) is 0.114. The average molecular weight is 378 g/mol. The summed E-state index contributed by atoms with van der Waals surface area (Å²) in [5, 5.41) is 5.57. The van der Waals surface area contributed by atoms with Gasteiger partial charge in [-0.05, 0) is 37.7 Å². The number of amides is 2. The van der Waals surface area contributed by atoms with Crippen molar-refractivity contribution in [2.24, 2.45) is 11.3 Å². The van der Waals surface area contributed by atoms with Crippen LogP contribution in [0.25, 0.3) is 0 Å². The molecule has 150 valence electrons. The van der Waals surface area contributed by atoms with E-state index in [1.165, 1.54) is 6.26 Å². The maximum absolute atomic E-state index is 12.9. The first-order chi connectivity index (χ1) is 12.5. The van der Waals surface area contributed by atoms with E-state index in [0.717, 1.165) is 0 Å². The number of ether oxygens (including phenoxy) is 1. The van der Waals surface area contributed by atoms with Crippen LogP contribution in [0.1, 0.15) is 57.2 Å². The first-order valence-corrected chi connectivity index (χ1v) is 9.32. The van der Waals surface area contributed by atoms with Crippen LogP contribution in [0.3, 0.4) is 0 Å². The van der Waals surface area contributed by atoms with Crippen molar-refractivity contribution in [2.75, 3.05) is 6.61 Å². The van der Waals surface area contributed by atoms with Gasteiger partial charge in [0, 0.05) is 0 Å². The Labute approximate surface area is 160 Å². The highest BCUT2D eigenvalue weighted by atomic mass is 16.5. The topological polar surface area (TPSA) is 97.6 Å². The Hall–Kier alpha value is -2.15. The van der Waals surface area contributed by atoms with Crippen LogP contribution in [0.15, 0.2) is 16.7 Å². The van der Waals surface area contributed by atoms with Crippen molar-refractivity contribution >= 4 is 17.6 Å². The minimum absolute atomic E-state index is 0.00512. The molecule has 0 aliphatic carbocycles. The van der Waals surface area contributed by atoms with Gasteiger partial charge in [0.05, 0.1) is 17.9 Å². The van der Waals surface area contributed by atoms with Crippen LogP contribution in [-0.4, -0.2) is 42.4 Å². The second-order valence-electron chi connectivity index (χ2n) is 8.23. The van der Waals surface area contributed by atoms with Crippen LogP contribution in [0, 0.1) is 18.3 Å². The first-order valence-electron chi connectivity index (χ1n) is 9.32. The third-order valence-corrected chi connectivity index (χ3v) is 5.62. The van der Waals surface area contributed by atoms with Crippen molar-refractivity contribution in [3.8, 4) is 0 Å². The molecule has 1 aliphatic rings. The van der Waals surface area contributed by atoms with Crippen LogP contribution in [-0.2, 0) is 14.3 Å². The predicted molar refractivity (Wildman–Crippen MR) is 100 cm³/mol. The third kappa shape index (κ3) is 4.97. The summed E-state index contributed by atoms with van der Waals surface area (Å²) in [7, 11) is 0. The number of aryl methyl sites for hydroxylation is 1. The molecular weight excluding hydrogens is 348 g/mol. The standard InChI is InChI=1S/C20H30N2O5/c1-11(2)20(5,6)9-15(21-18(24)14-7-8-26-12(14)3)19(25)22-17-13(4)27-10-16(17)23/h7-8,11,13,15,17H,9-10H2,1-6H3,(H,21,24)(H,22,25)/t13-,15?,17-/m0/s1. The average Bonchev–Trinajstić information content (AvgIpc) is 3.14. The predicted octanol–water partition coefficient (Wildman–Crippen LogP) is 2.23. The molecule has 0 spiro atoms. The second-order valence-corrected chi connectivity index (χ2v) is 8.23. The largest absolute Gasteiger partial charge is 0.469 e. The highest BCUT2D eigenvalue weighted by Crippen LogP contribution is 2.31. The normalized spacial score (nSPS) is 21.4. The summed E-state index contributed by atoms with van der Waals surface area (Å²) < 4.78 is 10.5. The van der Waals surface area contributed by atoms with Crippen LogP contribution < -0.4 is 10.6 Å². The zero-order valence-corrected chi connectivity index (χ0v) is 16.9. The summed E-state index contributed by atoms with van der Waals surface area (Å²) in [6.07, 6.45) is 1.50. The van der Waals surface area contributed by atoms with Gasteiger partial charge in [0.2, 0.25) is 5.91 Å². The van der Waals surface area contributed by atoms with Crippen LogP contribution in [0.5, 0.6) is 0 Å². The molecule has 7 nitrogen and oxygen atoms in total. The van der Waals surface area contributed by atoms with Crippen LogP contribution in [0.2, 0.25) is 0 Å². The molecule has 0 aromatic carbocycles. The van der Waals surface area contributed by atoms with Crippen LogP contribution in [0.4, 0.5) is 0 Å². The molecule has 1 aromatic rings. The van der Waals surface area contributed by atoms with E-state index in [2.05, 4.69) is 38.3 Å². The molecule has 3 atom stereocenters. The fraction of sp³-hybridized carbons (Fsp3) is 0.650. The van der Waals surface area contributed by atoms with Gasteiger partial charge in [0.1, 0.15) is 24.5 Å². The smallest absolute Gasteiger partial charge is 0.255 e. The SMILES string of the molecule is Cc1occc1C(=O)NC(CC(C)(C)C(C)C)C(=O)N[C@@H]1C(=O)CO[C@H]1C. The van der Waals surface area contributed by atoms with Gasteiger partial charge < -0.3 is 19.8 Å². The van der Waals surface area contributed by atoms with Gasteiger partial charge in [-0.25, -0.2) is 0 Å². The van der Waals surface area contributed by atoms with Crippen molar-refractivity contribution < 1.29 is 23.5 Å². The Balaban J connectivity index is 2.18. The number of ketones is 1. The Kier molecular flexibility index (Phi) is 6.46. The van der Waals surface area contributed by atoms with Gasteiger partial charge in [-0.3, -0.25) is 14.4 Å². The molecule has 1 aliphatic heterocycles. The van der Waals surface area contributed by atoms with Crippen LogP contribution >= 0.6 is 0 Å². The lowest BCUT2D eigenvalue weighted by molar-refractivity contribution is -0.128. The molecule has 2 rings (SSSR count). The fourth-order valence-electron chi connectivity index (χ4n) is 2.94. The second kappa shape index (κ2) is 8.25. The highest BCUT2D eigenvalue weighted by Gasteiger charge is 2.37. The number of nitrogens with one attached hydrogen (secondary N) is 2. The molecule has 27 heavy (non-hydrogen) atoms. The molecule has 2 amide bonds. The summed E-state index contributed by atoms with van der Waals surface area (Å²) in [5.74, 6) is -0.120. The molecule has 1 aromatic heterocycles. The molecule has 7 heteroatoms. The van der Waals surface area contributed by atoms with Gasteiger partial charge in [-0.15, -0.1) is 0 Å². The Morgan fingerprint density at radius 1 is 1.33 bits per heavy atom. The number of Topliss-reactive ketones (excluding diaryl/α,β-unsaturated/α-hetero) is 1. The molecule has 0 saturated carbocycles. The summed E-state index contributed by atoms with van der Waals surface area (Å²) in [6.45, 7) is 11.7. The molecule has 2 N–H and O–H groups in total. The van der Waals surface area contributed by atoms with Crippen molar-refractivity contribution in [1.82, 2.24) is 10.6 Å². The van der Waals surface area contributed by atoms with Crippen molar-refractivity contribution in [3.63, 3.8) is 0 Å². The Morgan fingerprint density at radius 3 is 2.48 bits per heavy atom. The number of hydrogen-bond acceptors (Lipinski definition) is 5. The summed E-state index contributed by atoms with van der Waals surface area (Å²) >= 11 is 0. The van der Waals surface area contributed by atoms with Gasteiger partial charge in [-0.2, -0.15) is 0 Å². The molecule has 0 radical (unpaired) electrons. The monoisotopic (exact) mass is 378 g/mol. The van der Waals surface area contributed by atoms with Gasteiger partial charge in [0.25, 0.3) is 5.91 Å². The fourth-order valence-corrected chi connectivity index (χ4v) is 2.94. The molecule has 0 bridgehead atoms. The third-order valence-electron chi connectivity index (χ3n) is 5.62. The molecule has 1 fully saturated rings. The van der Waals surface area contributed by atoms with Crippen molar-refractivity contribution in [2.45, 2.75) is 66.2 Å². The Bertz CT molecular complexity index is 707. The number of carbonyl (C=O) groups excluding carboxylic acids is 3. The quantitative estimate of drug-likeness (QED) is 0.758. The zero-order valence-electron chi connectivity index (χ0n) is 16.9. The summed E-state index contributed by atoms with van der Waals surface area (Å²) in [5.41, 5.74) is 0.200. The van der Waals surface area contributed by atoms with E-state index < -0.39 is 12.1 Å². The molecule has 1 unspecified atom stereocenters. The number of furan rings is 1. The van der Waals surface area contributed by atoms with Gasteiger partial charge >= 0.3 is 0 Å². The van der Waals surface area contributed by atoms with E-state index >= 15 is 0 Å². The lowest BCUT2D eigenvalue weighted by Gasteiger charge is -2.33. The maximum Gasteiger partial charge on any atom is 0.255 e. The number of carbonyl (C=O) groups is 3. The van der Waals surface area contributed by atoms with E-state index in [1.54, 1.807) is 19.9 Å². The number of rotatable bonds is 7. The van der Waals surface area contributed by atoms with E-state index in [0.29, 0.717) is 23.7 Å². The zero-order chi connectivity index (χ0) is 20.4. The molecular formula is C20H30N2O5. The molecule has 1 saturated heterocycles. The van der Waals surface area contributed by atoms with E-state index in [9.17, 15) is 14.4 Å². The first kappa shape index (κ1) is 21.2. The maximum atomic E-state index is 12.9. The lowest BCUT2D eigenvalue weighted by atomic mass is 9.76. The highest BCUT2D eigenvalue weighted by molar-refractivity contribution is 5.99. The van der Waals surface area contributed by atoms with Crippen molar-refractivity contribution in [1.29, 1.82) is 0 Å². The lowest BCUT2D eigenvalue weighted by Crippen LogP contribution is -2.54. The van der Waals surface area contributed by atoms with E-state index in [1.807, 2.05) is 0 Å². The minimum Gasteiger partial charge on any atom is -0.469 e.